The van der Waals surface area contributed by atoms with Gasteiger partial charge in [0, 0.05) is 6.07 Å². The lowest BCUT2D eigenvalue weighted by Crippen LogP contribution is -2.07. The Morgan fingerprint density at radius 1 is 1.14 bits per heavy atom. The molecule has 3 rings (SSSR count). The summed E-state index contributed by atoms with van der Waals surface area (Å²) in [5.74, 6) is 0.525. The molecule has 152 valence electrons. The van der Waals surface area contributed by atoms with Gasteiger partial charge < -0.3 is 23.9 Å². The van der Waals surface area contributed by atoms with Crippen LogP contribution < -0.4 is 19.9 Å². The van der Waals surface area contributed by atoms with E-state index in [4.69, 9.17) is 19.9 Å². The Bertz CT molecular complexity index is 1060. The number of hydrogen-bond donors (Lipinski definition) is 2. The largest absolute Gasteiger partial charge is 0.493 e. The van der Waals surface area contributed by atoms with Crippen molar-refractivity contribution in [1.29, 1.82) is 0 Å². The number of hydrogen-bond acceptors (Lipinski definition) is 8. The summed E-state index contributed by atoms with van der Waals surface area (Å²) in [6.07, 6.45) is 0.0620. The van der Waals surface area contributed by atoms with E-state index >= 15 is 0 Å². The average molecular weight is 401 g/mol. The van der Waals surface area contributed by atoms with Crippen LogP contribution in [0.25, 0.3) is 10.9 Å². The maximum atomic E-state index is 11.7. The number of esters is 1. The fraction of sp³-hybridized carbons (Fsp3) is 0.211. The maximum Gasteiger partial charge on any atom is 0.321 e. The number of nitro benzene ring substituents is 1. The Labute approximate surface area is 165 Å². The van der Waals surface area contributed by atoms with Gasteiger partial charge in [-0.1, -0.05) is 6.07 Å². The van der Waals surface area contributed by atoms with E-state index < -0.39 is 10.9 Å². The molecule has 3 N–H and O–H groups in total. The summed E-state index contributed by atoms with van der Waals surface area (Å²) in [5.41, 5.74) is 6.28. The molecule has 10 nitrogen and oxygen atoms in total. The van der Waals surface area contributed by atoms with Crippen molar-refractivity contribution >= 4 is 22.6 Å². The molecule has 0 atom stereocenters. The molecule has 2 aromatic carbocycles. The van der Waals surface area contributed by atoms with Gasteiger partial charge in [-0.05, 0) is 29.8 Å². The summed E-state index contributed by atoms with van der Waals surface area (Å²) in [4.78, 5) is 25.6. The predicted octanol–water partition coefficient (Wildman–Crippen LogP) is 2.89. The molecule has 0 bridgehead atoms. The molecular formula is C19H19N3O7. The highest BCUT2D eigenvalue weighted by Gasteiger charge is 2.23. The number of ether oxygens (including phenoxy) is 4. The van der Waals surface area contributed by atoms with Crippen LogP contribution in [0.4, 0.5) is 5.69 Å². The average Bonchev–Trinajstić information content (AvgIpc) is 3.11. The molecular weight excluding hydrogens is 382 g/mol. The molecule has 29 heavy (non-hydrogen) atoms. The van der Waals surface area contributed by atoms with Gasteiger partial charge in [0.1, 0.15) is 6.73 Å². The normalized spacial score (nSPS) is 10.6. The third-order valence-corrected chi connectivity index (χ3v) is 4.16. The standard InChI is InChI=1S/C19H19N3O7/c1-26-16-7-11(8-18(23)27-2)3-5-14(16)29-15-6-4-13-12(19(15)22(24)25)9-17(21-13)28-10-20/h3-7,9,21H,8,10,20H2,1-2H3. The SMILES string of the molecule is COC(=O)Cc1ccc(Oc2ccc3[nH]c(OCN)cc3c2[N+](=O)[O-])c(OC)c1. The summed E-state index contributed by atoms with van der Waals surface area (Å²) in [7, 11) is 2.74. The monoisotopic (exact) mass is 401 g/mol. The van der Waals surface area contributed by atoms with Gasteiger partial charge in [0.05, 0.1) is 36.5 Å². The first-order valence-electron chi connectivity index (χ1n) is 8.51. The number of carbonyl (C=O) groups is 1. The fourth-order valence-electron chi connectivity index (χ4n) is 2.84. The predicted molar refractivity (Wildman–Crippen MR) is 103 cm³/mol. The first-order valence-corrected chi connectivity index (χ1v) is 8.51. The van der Waals surface area contributed by atoms with Crippen LogP contribution in [0.3, 0.4) is 0 Å². The number of fused-ring (bicyclic) bond motifs is 1. The van der Waals surface area contributed by atoms with Gasteiger partial charge in [0.15, 0.2) is 17.4 Å². The number of nitrogens with one attached hydrogen (secondary N) is 1. The minimum Gasteiger partial charge on any atom is -0.493 e. The minimum atomic E-state index is -0.532. The third-order valence-electron chi connectivity index (χ3n) is 4.16. The van der Waals surface area contributed by atoms with Crippen molar-refractivity contribution in [2.75, 3.05) is 21.0 Å². The second-order valence-electron chi connectivity index (χ2n) is 5.92. The highest BCUT2D eigenvalue weighted by atomic mass is 16.6. The number of benzene rings is 2. The zero-order valence-corrected chi connectivity index (χ0v) is 15.8. The van der Waals surface area contributed by atoms with Gasteiger partial charge in [-0.15, -0.1) is 0 Å². The number of carbonyl (C=O) groups excluding carboxylic acids is 1. The van der Waals surface area contributed by atoms with E-state index in [0.29, 0.717) is 28.1 Å². The summed E-state index contributed by atoms with van der Waals surface area (Å²) < 4.78 is 20.9. The van der Waals surface area contributed by atoms with Gasteiger partial charge in [-0.25, -0.2) is 0 Å². The van der Waals surface area contributed by atoms with E-state index in [0.717, 1.165) is 0 Å². The van der Waals surface area contributed by atoms with Crippen molar-refractivity contribution in [1.82, 2.24) is 4.98 Å². The van der Waals surface area contributed by atoms with E-state index in [1.54, 1.807) is 24.3 Å². The highest BCUT2D eigenvalue weighted by Crippen LogP contribution is 2.41. The zero-order chi connectivity index (χ0) is 21.0. The van der Waals surface area contributed by atoms with Crippen molar-refractivity contribution in [3.8, 4) is 23.1 Å². The summed E-state index contributed by atoms with van der Waals surface area (Å²) in [5, 5.41) is 12.0. The number of aromatic nitrogens is 1. The lowest BCUT2D eigenvalue weighted by molar-refractivity contribution is -0.383. The Morgan fingerprint density at radius 2 is 1.90 bits per heavy atom. The molecule has 10 heteroatoms. The summed E-state index contributed by atoms with van der Waals surface area (Å²) >= 11 is 0. The summed E-state index contributed by atoms with van der Waals surface area (Å²) in [6.45, 7) is -0.0703. The van der Waals surface area contributed by atoms with E-state index in [1.807, 2.05) is 0 Å². The van der Waals surface area contributed by atoms with E-state index in [2.05, 4.69) is 9.72 Å². The Kier molecular flexibility index (Phi) is 5.84. The molecule has 0 radical (unpaired) electrons. The molecule has 0 saturated heterocycles. The van der Waals surface area contributed by atoms with Crippen molar-refractivity contribution in [2.24, 2.45) is 5.73 Å². The smallest absolute Gasteiger partial charge is 0.321 e. The van der Waals surface area contributed by atoms with Crippen LogP contribution >= 0.6 is 0 Å². The molecule has 0 aliphatic carbocycles. The first kappa shape index (κ1) is 20.0. The number of methoxy groups -OCH3 is 2. The number of H-pyrrole nitrogens is 1. The molecule has 1 aromatic heterocycles. The van der Waals surface area contributed by atoms with Crippen LogP contribution in [0.15, 0.2) is 36.4 Å². The Hall–Kier alpha value is -3.79. The quantitative estimate of drug-likeness (QED) is 0.254. The molecule has 0 aliphatic rings. The topological polar surface area (TPSA) is 139 Å². The van der Waals surface area contributed by atoms with E-state index in [-0.39, 0.29) is 30.3 Å². The molecule has 0 saturated carbocycles. The molecule has 0 spiro atoms. The van der Waals surface area contributed by atoms with Gasteiger partial charge in [-0.3, -0.25) is 20.6 Å². The fourth-order valence-corrected chi connectivity index (χ4v) is 2.84. The number of nitrogens with zero attached hydrogens (tertiary/aromatic N) is 1. The van der Waals surface area contributed by atoms with Gasteiger partial charge in [0.2, 0.25) is 5.75 Å². The Morgan fingerprint density at radius 3 is 2.55 bits per heavy atom. The van der Waals surface area contributed by atoms with E-state index in [9.17, 15) is 14.9 Å². The summed E-state index contributed by atoms with van der Waals surface area (Å²) in [6, 6.07) is 9.45. The van der Waals surface area contributed by atoms with Crippen molar-refractivity contribution < 1.29 is 28.7 Å². The number of rotatable bonds is 8. The molecule has 0 fully saturated rings. The highest BCUT2D eigenvalue weighted by molar-refractivity contribution is 5.93. The second-order valence-corrected chi connectivity index (χ2v) is 5.92. The lowest BCUT2D eigenvalue weighted by Gasteiger charge is -2.12. The minimum absolute atomic E-state index is 0.0276. The number of nitro groups is 1. The number of aromatic amines is 1. The maximum absolute atomic E-state index is 11.7. The number of nitrogens with two attached hydrogens (primary N) is 1. The van der Waals surface area contributed by atoms with Crippen LogP contribution in [0.1, 0.15) is 5.56 Å². The molecule has 0 unspecified atom stereocenters. The van der Waals surface area contributed by atoms with Gasteiger partial charge in [-0.2, -0.15) is 0 Å². The van der Waals surface area contributed by atoms with Gasteiger partial charge in [0.25, 0.3) is 0 Å². The van der Waals surface area contributed by atoms with Crippen LogP contribution in [0.5, 0.6) is 23.1 Å². The third kappa shape index (κ3) is 4.22. The van der Waals surface area contributed by atoms with E-state index in [1.165, 1.54) is 26.4 Å². The van der Waals surface area contributed by atoms with Crippen LogP contribution in [0, 0.1) is 10.1 Å². The van der Waals surface area contributed by atoms with Crippen molar-refractivity contribution in [3.05, 3.63) is 52.1 Å². The second kappa shape index (κ2) is 8.48. The molecule has 3 aromatic rings. The van der Waals surface area contributed by atoms with Gasteiger partial charge >= 0.3 is 11.7 Å². The first-order chi connectivity index (χ1) is 14.0. The lowest BCUT2D eigenvalue weighted by atomic mass is 10.1. The molecule has 0 aliphatic heterocycles. The van der Waals surface area contributed by atoms with Crippen LogP contribution in [-0.4, -0.2) is 36.8 Å². The van der Waals surface area contributed by atoms with Crippen LogP contribution in [-0.2, 0) is 16.0 Å². The molecule has 1 heterocycles. The molecule has 0 amide bonds. The zero-order valence-electron chi connectivity index (χ0n) is 15.8. The Balaban J connectivity index is 1.99. The van der Waals surface area contributed by atoms with Crippen molar-refractivity contribution in [3.63, 3.8) is 0 Å². The van der Waals surface area contributed by atoms with Crippen LogP contribution in [0.2, 0.25) is 0 Å². The van der Waals surface area contributed by atoms with Crippen molar-refractivity contribution in [2.45, 2.75) is 6.42 Å².